The molecule has 5 nitrogen and oxygen atoms in total. The molecule has 0 bridgehead atoms. The number of fused-ring (bicyclic) bond motifs is 5. The van der Waals surface area contributed by atoms with Crippen LogP contribution in [0.15, 0.2) is 77.2 Å². The van der Waals surface area contributed by atoms with E-state index in [4.69, 9.17) is 18.9 Å². The van der Waals surface area contributed by atoms with Crippen LogP contribution in [0.1, 0.15) is 88.5 Å². The molecule has 5 heteroatoms. The molecule has 0 N–H and O–H groups in total. The lowest BCUT2D eigenvalue weighted by molar-refractivity contribution is 0.0581. The van der Waals surface area contributed by atoms with Crippen molar-refractivity contribution in [2.75, 3.05) is 27.1 Å². The highest BCUT2D eigenvalue weighted by Crippen LogP contribution is 2.47. The predicted molar refractivity (Wildman–Crippen MR) is 173 cm³/mol. The number of nitrogens with zero attached hydrogens (tertiary/aromatic N) is 1. The molecule has 1 unspecified atom stereocenters. The van der Waals surface area contributed by atoms with Crippen molar-refractivity contribution in [1.82, 2.24) is 4.90 Å². The number of hydrogen-bond donors (Lipinski definition) is 0. The van der Waals surface area contributed by atoms with Crippen LogP contribution in [0.3, 0.4) is 0 Å². The van der Waals surface area contributed by atoms with Gasteiger partial charge >= 0.3 is 0 Å². The van der Waals surface area contributed by atoms with Crippen LogP contribution in [0.4, 0.5) is 0 Å². The first-order chi connectivity index (χ1) is 20.9. The molecular formula is C38H47NO4. The van der Waals surface area contributed by atoms with E-state index in [-0.39, 0.29) is 18.3 Å². The van der Waals surface area contributed by atoms with E-state index in [2.05, 4.69) is 87.3 Å². The number of methoxy groups -OCH3 is 1. The minimum atomic E-state index is -0.210. The van der Waals surface area contributed by atoms with Crippen molar-refractivity contribution in [3.05, 3.63) is 99.5 Å². The summed E-state index contributed by atoms with van der Waals surface area (Å²) >= 11 is 0. The van der Waals surface area contributed by atoms with Gasteiger partial charge in [-0.3, -0.25) is 0 Å². The van der Waals surface area contributed by atoms with Gasteiger partial charge in [0.2, 0.25) is 6.79 Å². The summed E-state index contributed by atoms with van der Waals surface area (Å²) in [6, 6.07) is 13.5. The number of unbranched alkanes of at least 4 members (excludes halogenated alkanes) is 5. The monoisotopic (exact) mass is 581 g/mol. The maximum atomic E-state index is 6.64. The molecule has 1 aliphatic carbocycles. The molecule has 3 heterocycles. The predicted octanol–water partition coefficient (Wildman–Crippen LogP) is 8.64. The van der Waals surface area contributed by atoms with Gasteiger partial charge < -0.3 is 23.8 Å². The second-order valence-electron chi connectivity index (χ2n) is 13.2. The highest BCUT2D eigenvalue weighted by Gasteiger charge is 2.37. The van der Waals surface area contributed by atoms with E-state index in [0.717, 1.165) is 49.7 Å². The van der Waals surface area contributed by atoms with Crippen molar-refractivity contribution >= 4 is 5.70 Å². The fraction of sp³-hybridized carbons (Fsp3) is 0.474. The van der Waals surface area contributed by atoms with Gasteiger partial charge in [-0.2, -0.15) is 0 Å². The Balaban J connectivity index is 1.36. The maximum absolute atomic E-state index is 6.64. The van der Waals surface area contributed by atoms with Gasteiger partial charge in [0, 0.05) is 36.9 Å². The van der Waals surface area contributed by atoms with Crippen molar-refractivity contribution in [3.8, 4) is 11.5 Å². The van der Waals surface area contributed by atoms with Gasteiger partial charge in [0.05, 0.1) is 12.8 Å². The molecule has 3 aliphatic heterocycles. The van der Waals surface area contributed by atoms with Crippen LogP contribution >= 0.6 is 0 Å². The van der Waals surface area contributed by atoms with Gasteiger partial charge in [-0.05, 0) is 64.3 Å². The maximum Gasteiger partial charge on any atom is 0.231 e. The van der Waals surface area contributed by atoms with Crippen LogP contribution in [-0.4, -0.2) is 38.1 Å². The summed E-state index contributed by atoms with van der Waals surface area (Å²) in [7, 11) is 1.76. The Bertz CT molecular complexity index is 1450. The summed E-state index contributed by atoms with van der Waals surface area (Å²) in [5.41, 5.74) is 10.3. The molecule has 0 aromatic heterocycles. The van der Waals surface area contributed by atoms with Crippen LogP contribution < -0.4 is 9.47 Å². The van der Waals surface area contributed by atoms with Crippen LogP contribution in [0.25, 0.3) is 5.70 Å². The van der Waals surface area contributed by atoms with E-state index < -0.39 is 0 Å². The molecule has 6 rings (SSSR count). The van der Waals surface area contributed by atoms with Crippen molar-refractivity contribution in [2.24, 2.45) is 0 Å². The first-order valence-electron chi connectivity index (χ1n) is 16.2. The van der Waals surface area contributed by atoms with Gasteiger partial charge in [-0.1, -0.05) is 90.1 Å². The first-order valence-corrected chi connectivity index (χ1v) is 16.2. The molecule has 4 aliphatic rings. The molecule has 0 saturated carbocycles. The summed E-state index contributed by atoms with van der Waals surface area (Å²) in [6.45, 7) is 11.0. The van der Waals surface area contributed by atoms with Crippen molar-refractivity contribution in [3.63, 3.8) is 0 Å². The SMILES string of the molecule is CCCCCCCCOC1C(OC)=CC=C2C1=CN1CCc3cc4c(cc3C1=C2Cc1ccc(C(C)(C)C)cc1)OCO4. The Labute approximate surface area is 257 Å². The number of allylic oxidation sites excluding steroid dienone is 3. The first kappa shape index (κ1) is 29.6. The second-order valence-corrected chi connectivity index (χ2v) is 13.2. The highest BCUT2D eigenvalue weighted by molar-refractivity contribution is 5.82. The third-order valence-corrected chi connectivity index (χ3v) is 9.15. The molecule has 0 spiro atoms. The zero-order chi connectivity index (χ0) is 30.0. The molecular weight excluding hydrogens is 534 g/mol. The third kappa shape index (κ3) is 6.15. The zero-order valence-electron chi connectivity index (χ0n) is 26.6. The number of ether oxygens (including phenoxy) is 4. The Morgan fingerprint density at radius 1 is 0.930 bits per heavy atom. The zero-order valence-corrected chi connectivity index (χ0v) is 26.6. The molecule has 0 saturated heterocycles. The van der Waals surface area contributed by atoms with Crippen molar-refractivity contribution in [1.29, 1.82) is 0 Å². The lowest BCUT2D eigenvalue weighted by Crippen LogP contribution is -2.34. The van der Waals surface area contributed by atoms with Crippen molar-refractivity contribution < 1.29 is 18.9 Å². The third-order valence-electron chi connectivity index (χ3n) is 9.15. The molecule has 0 fully saturated rings. The van der Waals surface area contributed by atoms with E-state index in [1.165, 1.54) is 76.8 Å². The summed E-state index contributed by atoms with van der Waals surface area (Å²) in [6.07, 6.45) is 15.7. The number of rotatable bonds is 11. The lowest BCUT2D eigenvalue weighted by atomic mass is 9.79. The fourth-order valence-corrected chi connectivity index (χ4v) is 6.67. The Morgan fingerprint density at radius 3 is 2.42 bits per heavy atom. The molecule has 0 amide bonds. The smallest absolute Gasteiger partial charge is 0.231 e. The van der Waals surface area contributed by atoms with Crippen molar-refractivity contribution in [2.45, 2.75) is 90.6 Å². The second kappa shape index (κ2) is 12.7. The molecule has 2 aromatic rings. The number of hydrogen-bond acceptors (Lipinski definition) is 5. The van der Waals surface area contributed by atoms with Crippen LogP contribution in [0.2, 0.25) is 0 Å². The molecule has 43 heavy (non-hydrogen) atoms. The summed E-state index contributed by atoms with van der Waals surface area (Å²) in [4.78, 5) is 2.44. The summed E-state index contributed by atoms with van der Waals surface area (Å²) < 4.78 is 24.1. The largest absolute Gasteiger partial charge is 0.498 e. The molecule has 0 radical (unpaired) electrons. The summed E-state index contributed by atoms with van der Waals surface area (Å²) in [5, 5.41) is 0. The van der Waals surface area contributed by atoms with Crippen LogP contribution in [0.5, 0.6) is 11.5 Å². The average Bonchev–Trinajstić information content (AvgIpc) is 3.46. The van der Waals surface area contributed by atoms with Gasteiger partial charge in [-0.25, -0.2) is 0 Å². The Kier molecular flexibility index (Phi) is 8.72. The highest BCUT2D eigenvalue weighted by atomic mass is 16.7. The van der Waals surface area contributed by atoms with Crippen LogP contribution in [0, 0.1) is 0 Å². The van der Waals surface area contributed by atoms with Gasteiger partial charge in [0.25, 0.3) is 0 Å². The molecule has 228 valence electrons. The van der Waals surface area contributed by atoms with E-state index in [1.807, 2.05) is 0 Å². The van der Waals surface area contributed by atoms with E-state index >= 15 is 0 Å². The van der Waals surface area contributed by atoms with Gasteiger partial charge in [0.15, 0.2) is 11.5 Å². The topological polar surface area (TPSA) is 40.2 Å². The fourth-order valence-electron chi connectivity index (χ4n) is 6.67. The van der Waals surface area contributed by atoms with E-state index in [1.54, 1.807) is 7.11 Å². The van der Waals surface area contributed by atoms with Gasteiger partial charge in [0.1, 0.15) is 11.9 Å². The minimum absolute atomic E-state index is 0.122. The Morgan fingerprint density at radius 2 is 1.67 bits per heavy atom. The summed E-state index contributed by atoms with van der Waals surface area (Å²) in [5.74, 6) is 2.56. The number of benzene rings is 2. The normalized spacial score (nSPS) is 18.9. The molecule has 2 aromatic carbocycles. The lowest BCUT2D eigenvalue weighted by Gasteiger charge is -2.40. The standard InChI is InChI=1S/C38H47NO4/c1-6-7-8-9-10-11-20-41-37-32-24-39-19-18-27-22-34-35(43-25-42-34)23-30(27)36(39)31(29(32)16-17-33(37)40-5)21-26-12-14-28(15-13-26)38(2,3)4/h12-17,22-24,37H,6-11,18-21,25H2,1-5H3. The van der Waals surface area contributed by atoms with E-state index in [0.29, 0.717) is 0 Å². The van der Waals surface area contributed by atoms with Crippen LogP contribution in [-0.2, 0) is 27.7 Å². The quantitative estimate of drug-likeness (QED) is 0.248. The van der Waals surface area contributed by atoms with Gasteiger partial charge in [-0.15, -0.1) is 0 Å². The molecule has 1 atom stereocenters. The Hall–Kier alpha value is -3.44. The average molecular weight is 582 g/mol. The van der Waals surface area contributed by atoms with E-state index in [9.17, 15) is 0 Å². The minimum Gasteiger partial charge on any atom is -0.498 e.